The van der Waals surface area contributed by atoms with Gasteiger partial charge < -0.3 is 20.6 Å². The normalized spacial score (nSPS) is 15.5. The lowest BCUT2D eigenvalue weighted by Gasteiger charge is -2.02. The van der Waals surface area contributed by atoms with Gasteiger partial charge in [-0.15, -0.1) is 0 Å². The summed E-state index contributed by atoms with van der Waals surface area (Å²) in [6, 6.07) is -1.59. The summed E-state index contributed by atoms with van der Waals surface area (Å²) in [5, 5.41) is 8.20. The first-order valence-electron chi connectivity index (χ1n) is 3.11. The molecule has 0 saturated carbocycles. The molecule has 0 fully saturated rings. The zero-order chi connectivity index (χ0) is 10.6. The minimum Gasteiger partial charge on any atom is -0.480 e. The maximum atomic E-state index is 12.5. The highest BCUT2D eigenvalue weighted by atomic mass is 31.2. The number of aliphatic carboxylic acids is 1. The largest absolute Gasteiger partial charge is 0.480 e. The van der Waals surface area contributed by atoms with Gasteiger partial charge in [0.2, 0.25) is 0 Å². The summed E-state index contributed by atoms with van der Waals surface area (Å²) in [6.07, 6.45) is -0.685. The standard InChI is InChI=1S/C5H9FNO5P/c6-3(2-13(10,11)12)1-4(7)5(8)9/h1,4H,2,7H2,(H,8,9)(H2,10,11,12)/b3-1+/t4-/m1/s1. The van der Waals surface area contributed by atoms with Crippen molar-refractivity contribution in [2.24, 2.45) is 5.73 Å². The van der Waals surface area contributed by atoms with Gasteiger partial charge in [-0.2, -0.15) is 0 Å². The molecule has 13 heavy (non-hydrogen) atoms. The van der Waals surface area contributed by atoms with Crippen molar-refractivity contribution in [2.75, 3.05) is 6.16 Å². The molecule has 0 aliphatic heterocycles. The van der Waals surface area contributed by atoms with Gasteiger partial charge in [-0.3, -0.25) is 9.36 Å². The lowest BCUT2D eigenvalue weighted by molar-refractivity contribution is -0.137. The van der Waals surface area contributed by atoms with E-state index >= 15 is 0 Å². The van der Waals surface area contributed by atoms with Crippen LogP contribution in [0.25, 0.3) is 0 Å². The predicted molar refractivity (Wildman–Crippen MR) is 41.7 cm³/mol. The van der Waals surface area contributed by atoms with Gasteiger partial charge in [0.05, 0.1) is 0 Å². The van der Waals surface area contributed by atoms with Gasteiger partial charge in [-0.1, -0.05) is 0 Å². The molecule has 0 aliphatic rings. The molecular weight excluding hydrogens is 204 g/mol. The molecule has 0 heterocycles. The van der Waals surface area contributed by atoms with E-state index in [1.54, 1.807) is 0 Å². The highest BCUT2D eigenvalue weighted by molar-refractivity contribution is 7.52. The smallest absolute Gasteiger partial charge is 0.332 e. The molecule has 1 atom stereocenters. The lowest BCUT2D eigenvalue weighted by Crippen LogP contribution is -2.28. The summed E-state index contributed by atoms with van der Waals surface area (Å²) in [7, 11) is -4.50. The number of halogens is 1. The van der Waals surface area contributed by atoms with Crippen LogP contribution in [0.1, 0.15) is 0 Å². The van der Waals surface area contributed by atoms with E-state index in [9.17, 15) is 13.8 Å². The third-order valence-corrected chi connectivity index (χ3v) is 1.72. The van der Waals surface area contributed by atoms with Crippen LogP contribution in [0.15, 0.2) is 11.9 Å². The van der Waals surface area contributed by atoms with E-state index in [0.29, 0.717) is 6.08 Å². The summed E-state index contributed by atoms with van der Waals surface area (Å²) >= 11 is 0. The summed E-state index contributed by atoms with van der Waals surface area (Å²) in [6.45, 7) is 0. The van der Waals surface area contributed by atoms with E-state index in [1.165, 1.54) is 0 Å². The van der Waals surface area contributed by atoms with E-state index < -0.39 is 31.6 Å². The van der Waals surface area contributed by atoms with Gasteiger partial charge in [0, 0.05) is 0 Å². The van der Waals surface area contributed by atoms with E-state index in [1.807, 2.05) is 0 Å². The summed E-state index contributed by atoms with van der Waals surface area (Å²) in [4.78, 5) is 26.6. The molecule has 0 unspecified atom stereocenters. The van der Waals surface area contributed by atoms with Crippen molar-refractivity contribution in [2.45, 2.75) is 6.04 Å². The topological polar surface area (TPSA) is 121 Å². The van der Waals surface area contributed by atoms with Crippen molar-refractivity contribution in [3.63, 3.8) is 0 Å². The molecule has 0 rings (SSSR count). The average Bonchev–Trinajstić information content (AvgIpc) is 1.81. The van der Waals surface area contributed by atoms with Gasteiger partial charge >= 0.3 is 13.6 Å². The molecule has 0 aromatic carbocycles. The molecule has 0 radical (unpaired) electrons. The Labute approximate surface area is 73.0 Å². The molecule has 8 heteroatoms. The van der Waals surface area contributed by atoms with E-state index in [-0.39, 0.29) is 0 Å². The quantitative estimate of drug-likeness (QED) is 0.464. The fourth-order valence-corrected chi connectivity index (χ4v) is 1.01. The molecule has 0 spiro atoms. The maximum absolute atomic E-state index is 12.5. The van der Waals surface area contributed by atoms with Crippen molar-refractivity contribution in [1.82, 2.24) is 0 Å². The third kappa shape index (κ3) is 6.41. The fourth-order valence-electron chi connectivity index (χ4n) is 0.516. The fraction of sp³-hybridized carbons (Fsp3) is 0.400. The Morgan fingerprint density at radius 2 is 2.08 bits per heavy atom. The van der Waals surface area contributed by atoms with E-state index in [4.69, 9.17) is 20.6 Å². The van der Waals surface area contributed by atoms with E-state index in [0.717, 1.165) is 0 Å². The molecule has 5 N–H and O–H groups in total. The molecular formula is C5H9FNO5P. The van der Waals surface area contributed by atoms with Crippen LogP contribution < -0.4 is 5.73 Å². The predicted octanol–water partition coefficient (Wildman–Crippen LogP) is -0.571. The minimum absolute atomic E-state index is 0.446. The van der Waals surface area contributed by atoms with Crippen molar-refractivity contribution < 1.29 is 28.6 Å². The number of rotatable bonds is 4. The van der Waals surface area contributed by atoms with Crippen LogP contribution in [-0.4, -0.2) is 33.1 Å². The number of carboxylic acids is 1. The number of nitrogens with two attached hydrogens (primary N) is 1. The second-order valence-electron chi connectivity index (χ2n) is 2.30. The van der Waals surface area contributed by atoms with Gasteiger partial charge in [-0.05, 0) is 6.08 Å². The monoisotopic (exact) mass is 213 g/mol. The summed E-state index contributed by atoms with van der Waals surface area (Å²) in [5.74, 6) is -2.70. The SMILES string of the molecule is N[C@H](/C=C(/F)CP(=O)(O)O)C(=O)O. The van der Waals surface area contributed by atoms with Gasteiger partial charge in [0.25, 0.3) is 0 Å². The average molecular weight is 213 g/mol. The molecule has 6 nitrogen and oxygen atoms in total. The number of carboxylic acid groups (broad SMARTS) is 1. The highest BCUT2D eigenvalue weighted by Gasteiger charge is 2.18. The van der Waals surface area contributed by atoms with Crippen LogP contribution in [-0.2, 0) is 9.36 Å². The van der Waals surface area contributed by atoms with Crippen LogP contribution in [0.5, 0.6) is 0 Å². The van der Waals surface area contributed by atoms with Crippen molar-refractivity contribution in [3.8, 4) is 0 Å². The Bertz CT molecular complexity index is 272. The number of hydrogen-bond donors (Lipinski definition) is 4. The highest BCUT2D eigenvalue weighted by Crippen LogP contribution is 2.36. The van der Waals surface area contributed by atoms with Gasteiger partial charge in [0.15, 0.2) is 0 Å². The molecule has 76 valence electrons. The zero-order valence-corrected chi connectivity index (χ0v) is 7.32. The third-order valence-electron chi connectivity index (χ3n) is 1.00. The zero-order valence-electron chi connectivity index (χ0n) is 6.42. The van der Waals surface area contributed by atoms with Crippen LogP contribution in [0.2, 0.25) is 0 Å². The maximum Gasteiger partial charge on any atom is 0.332 e. The second-order valence-corrected chi connectivity index (χ2v) is 3.95. The van der Waals surface area contributed by atoms with Crippen LogP contribution in [0, 0.1) is 0 Å². The second kappa shape index (κ2) is 4.48. The summed E-state index contributed by atoms with van der Waals surface area (Å²) < 4.78 is 22.8. The van der Waals surface area contributed by atoms with Crippen molar-refractivity contribution in [1.29, 1.82) is 0 Å². The van der Waals surface area contributed by atoms with E-state index in [2.05, 4.69) is 0 Å². The number of hydrogen-bond acceptors (Lipinski definition) is 3. The van der Waals surface area contributed by atoms with Crippen molar-refractivity contribution in [3.05, 3.63) is 11.9 Å². The first-order chi connectivity index (χ1) is 5.72. The Balaban J connectivity index is 4.34. The Morgan fingerprint density at radius 1 is 1.62 bits per heavy atom. The Morgan fingerprint density at radius 3 is 2.38 bits per heavy atom. The molecule has 0 saturated heterocycles. The molecule has 0 aromatic rings. The summed E-state index contributed by atoms with van der Waals surface area (Å²) in [5.41, 5.74) is 4.87. The first kappa shape index (κ1) is 12.2. The molecule has 0 aliphatic carbocycles. The van der Waals surface area contributed by atoms with Crippen LogP contribution in [0.4, 0.5) is 4.39 Å². The lowest BCUT2D eigenvalue weighted by atomic mass is 10.3. The van der Waals surface area contributed by atoms with Crippen LogP contribution >= 0.6 is 7.60 Å². The van der Waals surface area contributed by atoms with Crippen molar-refractivity contribution >= 4 is 13.6 Å². The molecule has 0 bridgehead atoms. The van der Waals surface area contributed by atoms with Gasteiger partial charge in [-0.25, -0.2) is 4.39 Å². The Hall–Kier alpha value is -0.750. The Kier molecular flexibility index (Phi) is 4.22. The molecule has 0 aromatic heterocycles. The minimum atomic E-state index is -4.50. The van der Waals surface area contributed by atoms with Gasteiger partial charge in [0.1, 0.15) is 18.0 Å². The first-order valence-corrected chi connectivity index (χ1v) is 4.91. The number of allylic oxidation sites excluding steroid dienone is 1. The number of carbonyl (C=O) groups is 1. The molecule has 0 amide bonds. The van der Waals surface area contributed by atoms with Crippen LogP contribution in [0.3, 0.4) is 0 Å².